The fourth-order valence-electron chi connectivity index (χ4n) is 3.79. The van der Waals surface area contributed by atoms with Crippen LogP contribution in [0.2, 0.25) is 0 Å². The average Bonchev–Trinajstić information content (AvgIpc) is 2.90. The van der Waals surface area contributed by atoms with Crippen LogP contribution in [-0.2, 0) is 22.8 Å². The van der Waals surface area contributed by atoms with Gasteiger partial charge in [0.15, 0.2) is 9.84 Å². The van der Waals surface area contributed by atoms with Crippen molar-refractivity contribution in [2.75, 3.05) is 31.1 Å². The van der Waals surface area contributed by atoms with Gasteiger partial charge in [-0.1, -0.05) is 24.6 Å². The predicted molar refractivity (Wildman–Crippen MR) is 101 cm³/mol. The van der Waals surface area contributed by atoms with E-state index in [0.717, 1.165) is 38.3 Å². The van der Waals surface area contributed by atoms with Crippen LogP contribution in [0, 0.1) is 0 Å². The van der Waals surface area contributed by atoms with Crippen molar-refractivity contribution in [1.82, 2.24) is 14.8 Å². The molecule has 5 nitrogen and oxygen atoms in total. The van der Waals surface area contributed by atoms with Crippen molar-refractivity contribution in [1.29, 1.82) is 0 Å². The molecule has 0 saturated carbocycles. The van der Waals surface area contributed by atoms with E-state index in [4.69, 9.17) is 0 Å². The summed E-state index contributed by atoms with van der Waals surface area (Å²) in [6.45, 7) is 9.68. The zero-order valence-corrected chi connectivity index (χ0v) is 16.3. The second kappa shape index (κ2) is 7.56. The summed E-state index contributed by atoms with van der Waals surface area (Å²) in [7, 11) is -2.96. The number of piperazine rings is 1. The fourth-order valence-corrected chi connectivity index (χ4v) is 5.83. The Bertz CT molecular complexity index is 724. The minimum absolute atomic E-state index is 0.0805. The molecule has 2 aliphatic heterocycles. The summed E-state index contributed by atoms with van der Waals surface area (Å²) in [4.78, 5) is 9.22. The maximum absolute atomic E-state index is 12.3. The van der Waals surface area contributed by atoms with Gasteiger partial charge in [-0.05, 0) is 31.9 Å². The van der Waals surface area contributed by atoms with Crippen molar-refractivity contribution >= 4 is 9.84 Å². The molecular formula is C19H29N3O2S. The Hall–Kier alpha value is -1.24. The molecule has 3 rings (SSSR count). The molecule has 2 atom stereocenters. The number of sulfone groups is 1. The fraction of sp³-hybridized carbons (Fsp3) is 0.632. The van der Waals surface area contributed by atoms with Crippen LogP contribution in [0.25, 0.3) is 0 Å². The number of pyridine rings is 1. The van der Waals surface area contributed by atoms with Gasteiger partial charge in [-0.25, -0.2) is 8.42 Å². The largest absolute Gasteiger partial charge is 0.293 e. The van der Waals surface area contributed by atoms with E-state index in [0.29, 0.717) is 0 Å². The summed E-state index contributed by atoms with van der Waals surface area (Å²) >= 11 is 0. The number of allylic oxidation sites excluding steroid dienone is 1. The summed E-state index contributed by atoms with van der Waals surface area (Å²) in [6.07, 6.45) is 5.12. The Kier molecular flexibility index (Phi) is 5.61. The van der Waals surface area contributed by atoms with Crippen molar-refractivity contribution in [3.63, 3.8) is 0 Å². The SMILES string of the molecule is CCc1ccc(CN2CCN(CC=C(C)C)[C@H]3CS(=O)(=O)C[C@H]32)nc1. The molecule has 138 valence electrons. The predicted octanol–water partition coefficient (Wildman–Crippen LogP) is 1.89. The molecule has 2 fully saturated rings. The smallest absolute Gasteiger partial charge is 0.153 e. The van der Waals surface area contributed by atoms with E-state index in [-0.39, 0.29) is 23.6 Å². The minimum atomic E-state index is -2.96. The molecule has 0 spiro atoms. The maximum Gasteiger partial charge on any atom is 0.153 e. The van der Waals surface area contributed by atoms with Gasteiger partial charge >= 0.3 is 0 Å². The van der Waals surface area contributed by atoms with Crippen LogP contribution < -0.4 is 0 Å². The summed E-state index contributed by atoms with van der Waals surface area (Å²) in [5.41, 5.74) is 3.54. The number of fused-ring (bicyclic) bond motifs is 1. The van der Waals surface area contributed by atoms with Gasteiger partial charge in [-0.15, -0.1) is 0 Å². The molecule has 0 unspecified atom stereocenters. The van der Waals surface area contributed by atoms with E-state index in [9.17, 15) is 8.42 Å². The third-order valence-corrected chi connectivity index (χ3v) is 7.00. The number of nitrogens with zero attached hydrogens (tertiary/aromatic N) is 3. The van der Waals surface area contributed by atoms with Gasteiger partial charge in [-0.3, -0.25) is 14.8 Å². The number of hydrogen-bond donors (Lipinski definition) is 0. The van der Waals surface area contributed by atoms with Crippen molar-refractivity contribution in [2.45, 2.75) is 45.8 Å². The third kappa shape index (κ3) is 4.49. The molecule has 0 aromatic carbocycles. The normalized spacial score (nSPS) is 26.4. The molecule has 1 aromatic heterocycles. The van der Waals surface area contributed by atoms with Gasteiger partial charge in [0, 0.05) is 44.5 Å². The zero-order valence-electron chi connectivity index (χ0n) is 15.5. The molecule has 3 heterocycles. The van der Waals surface area contributed by atoms with Gasteiger partial charge in [0.1, 0.15) is 0 Å². The summed E-state index contributed by atoms with van der Waals surface area (Å²) in [6, 6.07) is 4.38. The first-order valence-corrected chi connectivity index (χ1v) is 11.0. The first-order valence-electron chi connectivity index (χ1n) is 9.13. The maximum atomic E-state index is 12.3. The van der Waals surface area contributed by atoms with Crippen LogP contribution in [0.5, 0.6) is 0 Å². The highest BCUT2D eigenvalue weighted by molar-refractivity contribution is 7.91. The van der Waals surface area contributed by atoms with Crippen LogP contribution in [0.3, 0.4) is 0 Å². The van der Waals surface area contributed by atoms with Gasteiger partial charge in [0.05, 0.1) is 17.2 Å². The van der Waals surface area contributed by atoms with Crippen molar-refractivity contribution in [3.8, 4) is 0 Å². The third-order valence-electron chi connectivity index (χ3n) is 5.30. The molecule has 6 heteroatoms. The molecular weight excluding hydrogens is 334 g/mol. The lowest BCUT2D eigenvalue weighted by molar-refractivity contribution is 0.0470. The van der Waals surface area contributed by atoms with Gasteiger partial charge in [0.2, 0.25) is 0 Å². The lowest BCUT2D eigenvalue weighted by atomic mass is 10.0. The summed E-state index contributed by atoms with van der Waals surface area (Å²) in [5, 5.41) is 0. The molecule has 0 radical (unpaired) electrons. The number of rotatable bonds is 5. The van der Waals surface area contributed by atoms with Crippen LogP contribution in [0.4, 0.5) is 0 Å². The minimum Gasteiger partial charge on any atom is -0.293 e. The quantitative estimate of drug-likeness (QED) is 0.748. The summed E-state index contributed by atoms with van der Waals surface area (Å²) < 4.78 is 24.6. The van der Waals surface area contributed by atoms with E-state index in [2.05, 4.69) is 53.8 Å². The van der Waals surface area contributed by atoms with E-state index < -0.39 is 9.84 Å². The van der Waals surface area contributed by atoms with Crippen molar-refractivity contribution < 1.29 is 8.42 Å². The zero-order chi connectivity index (χ0) is 18.0. The Labute approximate surface area is 151 Å². The Morgan fingerprint density at radius 2 is 1.88 bits per heavy atom. The number of aryl methyl sites for hydroxylation is 1. The molecule has 0 bridgehead atoms. The lowest BCUT2D eigenvalue weighted by Gasteiger charge is -2.43. The van der Waals surface area contributed by atoms with Gasteiger partial charge in [-0.2, -0.15) is 0 Å². The number of aromatic nitrogens is 1. The molecule has 0 amide bonds. The van der Waals surface area contributed by atoms with Crippen LogP contribution in [-0.4, -0.2) is 66.4 Å². The topological polar surface area (TPSA) is 53.5 Å². The van der Waals surface area contributed by atoms with Crippen LogP contribution in [0.1, 0.15) is 32.0 Å². The van der Waals surface area contributed by atoms with E-state index in [1.807, 2.05) is 6.20 Å². The van der Waals surface area contributed by atoms with Crippen molar-refractivity contribution in [2.24, 2.45) is 0 Å². The molecule has 2 saturated heterocycles. The highest BCUT2D eigenvalue weighted by Gasteiger charge is 2.46. The highest BCUT2D eigenvalue weighted by Crippen LogP contribution is 2.28. The first kappa shape index (κ1) is 18.5. The second-order valence-corrected chi connectivity index (χ2v) is 9.62. The van der Waals surface area contributed by atoms with Gasteiger partial charge < -0.3 is 0 Å². The number of hydrogen-bond acceptors (Lipinski definition) is 5. The van der Waals surface area contributed by atoms with Crippen LogP contribution >= 0.6 is 0 Å². The Morgan fingerprint density at radius 1 is 1.20 bits per heavy atom. The van der Waals surface area contributed by atoms with E-state index in [1.165, 1.54) is 11.1 Å². The van der Waals surface area contributed by atoms with Crippen molar-refractivity contribution in [3.05, 3.63) is 41.2 Å². The molecule has 2 aliphatic rings. The Balaban J connectivity index is 1.74. The second-order valence-electron chi connectivity index (χ2n) is 7.47. The first-order chi connectivity index (χ1) is 11.9. The monoisotopic (exact) mass is 363 g/mol. The molecule has 0 aliphatic carbocycles. The lowest BCUT2D eigenvalue weighted by Crippen LogP contribution is -2.58. The standard InChI is InChI=1S/C19H29N3O2S/c1-4-16-5-6-17(20-11-16)12-22-10-9-21(8-7-15(2)3)18-13-25(23,24)14-19(18)22/h5-7,11,18-19H,4,8-10,12-14H2,1-3H3/t18-,19+/m0/s1. The van der Waals surface area contributed by atoms with E-state index >= 15 is 0 Å². The molecule has 0 N–H and O–H groups in total. The molecule has 1 aromatic rings. The molecule has 25 heavy (non-hydrogen) atoms. The van der Waals surface area contributed by atoms with E-state index in [1.54, 1.807) is 0 Å². The highest BCUT2D eigenvalue weighted by atomic mass is 32.2. The summed E-state index contributed by atoms with van der Waals surface area (Å²) in [5.74, 6) is 0.559. The van der Waals surface area contributed by atoms with Gasteiger partial charge in [0.25, 0.3) is 0 Å². The Morgan fingerprint density at radius 3 is 2.48 bits per heavy atom. The van der Waals surface area contributed by atoms with Crippen LogP contribution in [0.15, 0.2) is 30.0 Å². The average molecular weight is 364 g/mol.